The van der Waals surface area contributed by atoms with Crippen molar-refractivity contribution >= 4 is 0 Å². The lowest BCUT2D eigenvalue weighted by Gasteiger charge is -2.22. The molecule has 1 atom stereocenters. The van der Waals surface area contributed by atoms with Crippen LogP contribution in [-0.2, 0) is 0 Å². The molecule has 5 heteroatoms. The summed E-state index contributed by atoms with van der Waals surface area (Å²) in [4.78, 5) is 8.75. The molecule has 1 unspecified atom stereocenters. The van der Waals surface area contributed by atoms with Gasteiger partial charge in [-0.3, -0.25) is 0 Å². The first-order chi connectivity index (χ1) is 10.8. The second kappa shape index (κ2) is 7.22. The molecule has 5 nitrogen and oxygen atoms in total. The van der Waals surface area contributed by atoms with Gasteiger partial charge < -0.3 is 14.8 Å². The third-order valence-corrected chi connectivity index (χ3v) is 3.86. The number of nitrogens with one attached hydrogen (secondary N) is 1. The van der Waals surface area contributed by atoms with Crippen molar-refractivity contribution in [2.24, 2.45) is 5.92 Å². The van der Waals surface area contributed by atoms with Gasteiger partial charge >= 0.3 is 0 Å². The average Bonchev–Trinajstić information content (AvgIpc) is 2.61. The van der Waals surface area contributed by atoms with E-state index in [2.05, 4.69) is 15.3 Å². The standard InChI is InChI=1S/C17H21N3O2/c1-21-15-6-4-14(5-7-15)17-19-10-16(11-20-17)22-12-13-3-2-8-18-9-13/h4-7,10-11,13,18H,2-3,8-9,12H2,1H3. The van der Waals surface area contributed by atoms with Crippen LogP contribution in [0, 0.1) is 5.92 Å². The van der Waals surface area contributed by atoms with Crippen molar-refractivity contribution in [3.8, 4) is 22.9 Å². The summed E-state index contributed by atoms with van der Waals surface area (Å²) >= 11 is 0. The highest BCUT2D eigenvalue weighted by Crippen LogP contribution is 2.20. The van der Waals surface area contributed by atoms with Crippen LogP contribution in [0.1, 0.15) is 12.8 Å². The summed E-state index contributed by atoms with van der Waals surface area (Å²) in [5.41, 5.74) is 0.962. The maximum Gasteiger partial charge on any atom is 0.159 e. The van der Waals surface area contributed by atoms with Crippen LogP contribution in [0.25, 0.3) is 11.4 Å². The summed E-state index contributed by atoms with van der Waals surface area (Å²) < 4.78 is 10.9. The molecule has 0 radical (unpaired) electrons. The molecule has 0 amide bonds. The molecule has 2 aromatic rings. The van der Waals surface area contributed by atoms with Gasteiger partial charge in [0.2, 0.25) is 0 Å². The highest BCUT2D eigenvalue weighted by molar-refractivity contribution is 5.56. The number of hydrogen-bond donors (Lipinski definition) is 1. The zero-order valence-electron chi connectivity index (χ0n) is 12.8. The Hall–Kier alpha value is -2.14. The molecule has 1 fully saturated rings. The molecule has 1 saturated heterocycles. The predicted molar refractivity (Wildman–Crippen MR) is 85.1 cm³/mol. The average molecular weight is 299 g/mol. The van der Waals surface area contributed by atoms with Gasteiger partial charge in [0, 0.05) is 18.0 Å². The maximum atomic E-state index is 5.79. The third kappa shape index (κ3) is 3.74. The first-order valence-electron chi connectivity index (χ1n) is 7.65. The summed E-state index contributed by atoms with van der Waals surface area (Å²) in [5.74, 6) is 2.82. The Kier molecular flexibility index (Phi) is 4.85. The normalized spacial score (nSPS) is 18.0. The smallest absolute Gasteiger partial charge is 0.159 e. The molecule has 1 aliphatic heterocycles. The Morgan fingerprint density at radius 1 is 1.14 bits per heavy atom. The fourth-order valence-electron chi connectivity index (χ4n) is 2.56. The number of piperidine rings is 1. The van der Waals surface area contributed by atoms with Crippen molar-refractivity contribution in [2.45, 2.75) is 12.8 Å². The van der Waals surface area contributed by atoms with Crippen LogP contribution >= 0.6 is 0 Å². The van der Waals surface area contributed by atoms with Gasteiger partial charge in [0.25, 0.3) is 0 Å². The summed E-state index contributed by atoms with van der Waals surface area (Å²) in [7, 11) is 1.65. The second-order valence-corrected chi connectivity index (χ2v) is 5.49. The molecule has 22 heavy (non-hydrogen) atoms. The largest absolute Gasteiger partial charge is 0.497 e. The minimum Gasteiger partial charge on any atom is -0.497 e. The lowest BCUT2D eigenvalue weighted by molar-refractivity contribution is 0.217. The first kappa shape index (κ1) is 14.8. The summed E-state index contributed by atoms with van der Waals surface area (Å²) in [6.07, 6.45) is 5.92. The van der Waals surface area contributed by atoms with Gasteiger partial charge in [0.05, 0.1) is 26.1 Å². The van der Waals surface area contributed by atoms with E-state index < -0.39 is 0 Å². The molecule has 0 saturated carbocycles. The van der Waals surface area contributed by atoms with Gasteiger partial charge in [-0.25, -0.2) is 9.97 Å². The highest BCUT2D eigenvalue weighted by Gasteiger charge is 2.13. The molecular weight excluding hydrogens is 278 g/mol. The topological polar surface area (TPSA) is 56.3 Å². The van der Waals surface area contributed by atoms with E-state index in [1.165, 1.54) is 12.8 Å². The lowest BCUT2D eigenvalue weighted by atomic mass is 10.0. The molecule has 1 aromatic carbocycles. The number of rotatable bonds is 5. The van der Waals surface area contributed by atoms with E-state index in [0.717, 1.165) is 36.8 Å². The van der Waals surface area contributed by atoms with Gasteiger partial charge in [0.1, 0.15) is 5.75 Å². The van der Waals surface area contributed by atoms with Crippen LogP contribution in [0.2, 0.25) is 0 Å². The number of methoxy groups -OCH3 is 1. The number of hydrogen-bond acceptors (Lipinski definition) is 5. The minimum absolute atomic E-state index is 0.579. The molecule has 0 spiro atoms. The van der Waals surface area contributed by atoms with E-state index in [1.54, 1.807) is 19.5 Å². The van der Waals surface area contributed by atoms with Crippen molar-refractivity contribution < 1.29 is 9.47 Å². The van der Waals surface area contributed by atoms with Gasteiger partial charge in [-0.15, -0.1) is 0 Å². The Morgan fingerprint density at radius 2 is 1.91 bits per heavy atom. The monoisotopic (exact) mass is 299 g/mol. The molecule has 1 aliphatic rings. The van der Waals surface area contributed by atoms with Crippen LogP contribution in [0.15, 0.2) is 36.7 Å². The van der Waals surface area contributed by atoms with E-state index in [9.17, 15) is 0 Å². The van der Waals surface area contributed by atoms with Crippen molar-refractivity contribution in [2.75, 3.05) is 26.8 Å². The number of benzene rings is 1. The lowest BCUT2D eigenvalue weighted by Crippen LogP contribution is -2.33. The van der Waals surface area contributed by atoms with Crippen molar-refractivity contribution in [3.05, 3.63) is 36.7 Å². The van der Waals surface area contributed by atoms with Crippen molar-refractivity contribution in [3.63, 3.8) is 0 Å². The van der Waals surface area contributed by atoms with Gasteiger partial charge in [-0.05, 0) is 43.7 Å². The van der Waals surface area contributed by atoms with Crippen molar-refractivity contribution in [1.29, 1.82) is 0 Å². The highest BCUT2D eigenvalue weighted by atomic mass is 16.5. The predicted octanol–water partition coefficient (Wildman–Crippen LogP) is 2.53. The molecule has 0 bridgehead atoms. The minimum atomic E-state index is 0.579. The summed E-state index contributed by atoms with van der Waals surface area (Å²) in [6.45, 7) is 2.87. The van der Waals surface area contributed by atoms with E-state index in [0.29, 0.717) is 11.7 Å². The quantitative estimate of drug-likeness (QED) is 0.919. The van der Waals surface area contributed by atoms with E-state index in [1.807, 2.05) is 24.3 Å². The fourth-order valence-corrected chi connectivity index (χ4v) is 2.56. The molecule has 116 valence electrons. The molecule has 1 N–H and O–H groups in total. The van der Waals surface area contributed by atoms with Crippen LogP contribution in [-0.4, -0.2) is 36.8 Å². The van der Waals surface area contributed by atoms with Crippen LogP contribution in [0.4, 0.5) is 0 Å². The Balaban J connectivity index is 1.59. The van der Waals surface area contributed by atoms with Crippen LogP contribution in [0.3, 0.4) is 0 Å². The third-order valence-electron chi connectivity index (χ3n) is 3.86. The van der Waals surface area contributed by atoms with Crippen LogP contribution < -0.4 is 14.8 Å². The van der Waals surface area contributed by atoms with Crippen molar-refractivity contribution in [1.82, 2.24) is 15.3 Å². The van der Waals surface area contributed by atoms with Crippen LogP contribution in [0.5, 0.6) is 11.5 Å². The number of ether oxygens (including phenoxy) is 2. The van der Waals surface area contributed by atoms with E-state index >= 15 is 0 Å². The second-order valence-electron chi connectivity index (χ2n) is 5.49. The number of nitrogens with zero attached hydrogens (tertiary/aromatic N) is 2. The Morgan fingerprint density at radius 3 is 2.55 bits per heavy atom. The molecule has 2 heterocycles. The Bertz CT molecular complexity index is 578. The zero-order chi connectivity index (χ0) is 15.2. The SMILES string of the molecule is COc1ccc(-c2ncc(OCC3CCCNC3)cn2)cc1. The zero-order valence-corrected chi connectivity index (χ0v) is 12.8. The first-order valence-corrected chi connectivity index (χ1v) is 7.65. The van der Waals surface area contributed by atoms with Gasteiger partial charge in [-0.1, -0.05) is 0 Å². The number of aromatic nitrogens is 2. The van der Waals surface area contributed by atoms with E-state index in [-0.39, 0.29) is 0 Å². The molecule has 0 aliphatic carbocycles. The fraction of sp³-hybridized carbons (Fsp3) is 0.412. The summed E-state index contributed by atoms with van der Waals surface area (Å²) in [6, 6.07) is 7.70. The Labute approximate surface area is 130 Å². The van der Waals surface area contributed by atoms with E-state index in [4.69, 9.17) is 9.47 Å². The summed E-state index contributed by atoms with van der Waals surface area (Å²) in [5, 5.41) is 3.39. The van der Waals surface area contributed by atoms with Gasteiger partial charge in [-0.2, -0.15) is 0 Å². The molecule has 3 rings (SSSR count). The maximum absolute atomic E-state index is 5.79. The molecular formula is C17H21N3O2. The van der Waals surface area contributed by atoms with Gasteiger partial charge in [0.15, 0.2) is 11.6 Å². The molecule has 1 aromatic heterocycles.